The number of aromatic nitrogens is 1. The van der Waals surface area contributed by atoms with Crippen LogP contribution in [0, 0.1) is 17.2 Å². The minimum Gasteiger partial charge on any atom is -0.496 e. The Morgan fingerprint density at radius 1 is 0.875 bits per heavy atom. The third-order valence-electron chi connectivity index (χ3n) is 12.9. The van der Waals surface area contributed by atoms with Crippen molar-refractivity contribution in [2.45, 2.75) is 58.2 Å². The number of hydrogen-bond donors (Lipinski definition) is 2. The van der Waals surface area contributed by atoms with Crippen LogP contribution in [0.15, 0.2) is 60.8 Å². The number of halogens is 1. The van der Waals surface area contributed by atoms with E-state index in [1.807, 2.05) is 62.5 Å². The van der Waals surface area contributed by atoms with Crippen molar-refractivity contribution in [1.29, 1.82) is 0 Å². The molecule has 13 heteroatoms. The van der Waals surface area contributed by atoms with E-state index in [9.17, 15) is 19.2 Å². The summed E-state index contributed by atoms with van der Waals surface area (Å²) in [6.07, 6.45) is 4.38. The normalized spacial score (nSPS) is 23.1. The predicted molar refractivity (Wildman–Crippen MR) is 211 cm³/mol. The van der Waals surface area contributed by atoms with Crippen LogP contribution >= 0.6 is 0 Å². The number of carbonyl (C=O) groups excluding carboxylic acids is 4. The molecule has 0 unspecified atom stereocenters. The molecule has 56 heavy (non-hydrogen) atoms. The van der Waals surface area contributed by atoms with E-state index in [4.69, 9.17) is 4.74 Å². The number of anilines is 3. The minimum absolute atomic E-state index is 0.00719. The number of nitrogens with zero attached hydrogens (tertiary/aromatic N) is 5. The van der Waals surface area contributed by atoms with Crippen LogP contribution in [0.3, 0.4) is 0 Å². The molecule has 3 aromatic carbocycles. The number of amides is 4. The van der Waals surface area contributed by atoms with Crippen molar-refractivity contribution in [3.8, 4) is 5.75 Å². The van der Waals surface area contributed by atoms with Gasteiger partial charge in [0.2, 0.25) is 17.7 Å². The summed E-state index contributed by atoms with van der Waals surface area (Å²) in [7, 11) is 1.61. The van der Waals surface area contributed by atoms with E-state index in [-0.39, 0.29) is 36.0 Å². The van der Waals surface area contributed by atoms with Crippen LogP contribution in [0.2, 0.25) is 0 Å². The fraction of sp³-hybridized carbons (Fsp3) is 0.442. The lowest BCUT2D eigenvalue weighted by atomic mass is 9.70. The van der Waals surface area contributed by atoms with Crippen LogP contribution in [0.4, 0.5) is 21.5 Å². The molecule has 0 saturated carbocycles. The number of aromatic amines is 1. The molecule has 0 bridgehead atoms. The van der Waals surface area contributed by atoms with Gasteiger partial charge in [-0.2, -0.15) is 0 Å². The number of methoxy groups -OCH3 is 1. The molecule has 0 spiro atoms. The Morgan fingerprint density at radius 3 is 2.41 bits per heavy atom. The van der Waals surface area contributed by atoms with Crippen molar-refractivity contribution in [3.63, 3.8) is 0 Å². The second-order valence-corrected chi connectivity index (χ2v) is 16.5. The largest absolute Gasteiger partial charge is 0.496 e. The molecule has 1 aromatic heterocycles. The summed E-state index contributed by atoms with van der Waals surface area (Å²) in [6.45, 7) is 10.3. The number of hydrogen-bond acceptors (Lipinski definition) is 8. The van der Waals surface area contributed by atoms with E-state index in [0.29, 0.717) is 41.4 Å². The average Bonchev–Trinajstić information content (AvgIpc) is 3.81. The number of imide groups is 1. The van der Waals surface area contributed by atoms with Gasteiger partial charge in [0, 0.05) is 98.8 Å². The predicted octanol–water partition coefficient (Wildman–Crippen LogP) is 5.23. The molecule has 4 saturated heterocycles. The maximum Gasteiger partial charge on any atom is 0.255 e. The van der Waals surface area contributed by atoms with Crippen molar-refractivity contribution < 1.29 is 28.3 Å². The fourth-order valence-electron chi connectivity index (χ4n) is 9.72. The number of β-lactam (4-membered cyclic amide) rings is 1. The second kappa shape index (κ2) is 13.9. The molecule has 6 heterocycles. The monoisotopic (exact) mass is 761 g/mol. The number of carbonyl (C=O) groups is 4. The Labute approximate surface area is 325 Å². The first-order valence-electron chi connectivity index (χ1n) is 19.8. The van der Waals surface area contributed by atoms with Crippen molar-refractivity contribution in [1.82, 2.24) is 20.1 Å². The molecule has 2 N–H and O–H groups in total. The van der Waals surface area contributed by atoms with Crippen molar-refractivity contribution in [3.05, 3.63) is 83.3 Å². The van der Waals surface area contributed by atoms with E-state index >= 15 is 4.39 Å². The van der Waals surface area contributed by atoms with Crippen molar-refractivity contribution in [2.75, 3.05) is 67.6 Å². The Bertz CT molecular complexity index is 2240. The van der Waals surface area contributed by atoms with Gasteiger partial charge in [0.15, 0.2) is 0 Å². The lowest BCUT2D eigenvalue weighted by Crippen LogP contribution is -2.61. The third-order valence-corrected chi connectivity index (χ3v) is 12.9. The summed E-state index contributed by atoms with van der Waals surface area (Å²) >= 11 is 0. The summed E-state index contributed by atoms with van der Waals surface area (Å²) in [4.78, 5) is 64.4. The highest BCUT2D eigenvalue weighted by atomic mass is 19.1. The Morgan fingerprint density at radius 2 is 1.66 bits per heavy atom. The molecular weight excluding hydrogens is 714 g/mol. The SMILES string of the molecule is COc1cc(N2CCC(CN3CCN(c4ccc5c(c4)CN([C@H]4CCC(=O)NC4=O)C5=O)CC3)CC2)c(F)cc1[C@@H]1N(c2cccc3[nH]ccc23)C(=O)C1(C)C. The topological polar surface area (TPSA) is 122 Å². The second-order valence-electron chi connectivity index (χ2n) is 16.5. The maximum atomic E-state index is 16.2. The van der Waals surface area contributed by atoms with Crippen LogP contribution in [0.25, 0.3) is 10.9 Å². The summed E-state index contributed by atoms with van der Waals surface area (Å²) in [5, 5.41) is 3.32. The molecule has 4 fully saturated rings. The number of fused-ring (bicyclic) bond motifs is 2. The Balaban J connectivity index is 0.808. The molecule has 0 radical (unpaired) electrons. The quantitative estimate of drug-likeness (QED) is 0.185. The molecule has 9 rings (SSSR count). The van der Waals surface area contributed by atoms with Gasteiger partial charge in [0.05, 0.1) is 29.9 Å². The van der Waals surface area contributed by atoms with Crippen LogP contribution in [0.1, 0.15) is 67.1 Å². The van der Waals surface area contributed by atoms with E-state index in [2.05, 4.69) is 31.1 Å². The first-order chi connectivity index (χ1) is 27.0. The van der Waals surface area contributed by atoms with Crippen LogP contribution in [0.5, 0.6) is 5.75 Å². The number of benzene rings is 3. The Kier molecular flexibility index (Phi) is 9.02. The number of nitrogens with one attached hydrogen (secondary N) is 2. The molecule has 0 aliphatic carbocycles. The van der Waals surface area contributed by atoms with Gasteiger partial charge in [0.1, 0.15) is 17.6 Å². The van der Waals surface area contributed by atoms with Gasteiger partial charge in [-0.25, -0.2) is 4.39 Å². The van der Waals surface area contributed by atoms with Crippen molar-refractivity contribution >= 4 is 51.6 Å². The summed E-state index contributed by atoms with van der Waals surface area (Å²) in [5.74, 6) is -0.0489. The van der Waals surface area contributed by atoms with Gasteiger partial charge >= 0.3 is 0 Å². The van der Waals surface area contributed by atoms with Gasteiger partial charge in [0.25, 0.3) is 5.91 Å². The standard InChI is InChI=1S/C43H48FN7O5/c1-43(2)39(51(42(43)55)34-6-4-5-33-30(34)11-14-45-33)31-22-32(44)36(23-37(31)56-3)49-15-12-26(13-16-49)24-47-17-19-48(20-18-47)28-7-8-29-27(21-28)25-50(41(29)54)35-9-10-38(52)46-40(35)53/h4-8,11,14,21-23,26,35,39,45H,9-10,12-13,15-20,24-25H2,1-3H3,(H,46,52,53)/t35-,39-/m0/s1. The molecule has 4 amide bonds. The number of ether oxygens (including phenoxy) is 1. The highest BCUT2D eigenvalue weighted by Crippen LogP contribution is 2.55. The number of piperazine rings is 1. The highest BCUT2D eigenvalue weighted by Gasteiger charge is 2.57. The first-order valence-corrected chi connectivity index (χ1v) is 19.8. The Hall–Kier alpha value is -5.43. The molecule has 12 nitrogen and oxygen atoms in total. The minimum atomic E-state index is -0.730. The van der Waals surface area contributed by atoms with Gasteiger partial charge in [-0.15, -0.1) is 0 Å². The zero-order chi connectivity index (χ0) is 38.9. The number of rotatable bonds is 8. The average molecular weight is 762 g/mol. The van der Waals surface area contributed by atoms with Gasteiger partial charge in [-0.1, -0.05) is 6.07 Å². The lowest BCUT2D eigenvalue weighted by molar-refractivity contribution is -0.138. The van der Waals surface area contributed by atoms with E-state index in [0.717, 1.165) is 86.5 Å². The van der Waals surface area contributed by atoms with Gasteiger partial charge in [-0.3, -0.25) is 29.4 Å². The molecule has 292 valence electrons. The first kappa shape index (κ1) is 36.2. The van der Waals surface area contributed by atoms with E-state index < -0.39 is 17.4 Å². The third kappa shape index (κ3) is 6.07. The summed E-state index contributed by atoms with van der Waals surface area (Å²) in [6, 6.07) is 16.2. The highest BCUT2D eigenvalue weighted by molar-refractivity contribution is 6.11. The molecule has 4 aromatic rings. The molecule has 5 aliphatic heterocycles. The zero-order valence-corrected chi connectivity index (χ0v) is 32.1. The van der Waals surface area contributed by atoms with Crippen LogP contribution in [-0.2, 0) is 20.9 Å². The lowest BCUT2D eigenvalue weighted by Gasteiger charge is -2.53. The number of H-pyrrole nitrogens is 1. The fourth-order valence-corrected chi connectivity index (χ4v) is 9.72. The molecule has 2 atom stereocenters. The number of piperidine rings is 2. The van der Waals surface area contributed by atoms with Crippen molar-refractivity contribution in [2.24, 2.45) is 11.3 Å². The maximum absolute atomic E-state index is 16.2. The van der Waals surface area contributed by atoms with Crippen LogP contribution in [-0.4, -0.2) is 97.4 Å². The van der Waals surface area contributed by atoms with Gasteiger partial charge in [-0.05, 0) is 87.1 Å². The zero-order valence-electron chi connectivity index (χ0n) is 32.1. The summed E-state index contributed by atoms with van der Waals surface area (Å²) < 4.78 is 22.1. The molecular formula is C43H48FN7O5. The summed E-state index contributed by atoms with van der Waals surface area (Å²) in [5.41, 5.74) is 4.85. The molecule has 5 aliphatic rings. The van der Waals surface area contributed by atoms with Crippen LogP contribution < -0.4 is 24.8 Å². The van der Waals surface area contributed by atoms with Gasteiger partial charge < -0.3 is 29.3 Å². The van der Waals surface area contributed by atoms with E-state index in [1.54, 1.807) is 23.0 Å². The van der Waals surface area contributed by atoms with E-state index in [1.165, 1.54) is 0 Å². The smallest absolute Gasteiger partial charge is 0.255 e.